The summed E-state index contributed by atoms with van der Waals surface area (Å²) in [6.07, 6.45) is 0.971. The zero-order chi connectivity index (χ0) is 14.1. The van der Waals surface area contributed by atoms with Crippen molar-refractivity contribution < 1.29 is 4.52 Å². The molecule has 0 saturated carbocycles. The highest BCUT2D eigenvalue weighted by molar-refractivity contribution is 7.13. The Hall–Kier alpha value is -2.07. The molecule has 3 nitrogen and oxygen atoms in total. The summed E-state index contributed by atoms with van der Waals surface area (Å²) in [6.45, 7) is 4.21. The van der Waals surface area contributed by atoms with Crippen molar-refractivity contribution in [3.63, 3.8) is 0 Å². The van der Waals surface area contributed by atoms with Gasteiger partial charge in [-0.3, -0.25) is 0 Å². The molecule has 2 aromatic heterocycles. The minimum atomic E-state index is 0.374. The van der Waals surface area contributed by atoms with E-state index in [0.717, 1.165) is 28.1 Å². The third-order valence-electron chi connectivity index (χ3n) is 3.40. The fourth-order valence-electron chi connectivity index (χ4n) is 2.28. The van der Waals surface area contributed by atoms with E-state index in [2.05, 4.69) is 54.7 Å². The molecule has 0 radical (unpaired) electrons. The molecule has 2 N–H and O–H groups in total. The Morgan fingerprint density at radius 1 is 1.20 bits per heavy atom. The Morgan fingerprint density at radius 3 is 2.65 bits per heavy atom. The molecule has 0 unspecified atom stereocenters. The normalized spacial score (nSPS) is 10.9. The highest BCUT2D eigenvalue weighted by Crippen LogP contribution is 2.40. The molecule has 0 aliphatic rings. The van der Waals surface area contributed by atoms with Crippen molar-refractivity contribution >= 4 is 17.2 Å². The van der Waals surface area contributed by atoms with E-state index < -0.39 is 0 Å². The number of hydrogen-bond acceptors (Lipinski definition) is 4. The molecule has 0 spiro atoms. The zero-order valence-corrected chi connectivity index (χ0v) is 12.3. The van der Waals surface area contributed by atoms with Gasteiger partial charge in [0, 0.05) is 0 Å². The summed E-state index contributed by atoms with van der Waals surface area (Å²) in [5, 5.41) is 6.26. The van der Waals surface area contributed by atoms with Gasteiger partial charge >= 0.3 is 0 Å². The van der Waals surface area contributed by atoms with Crippen molar-refractivity contribution in [2.24, 2.45) is 0 Å². The van der Waals surface area contributed by atoms with Crippen LogP contribution in [-0.2, 0) is 6.42 Å². The lowest BCUT2D eigenvalue weighted by atomic mass is 10.0. The Labute approximate surface area is 122 Å². The molecule has 0 saturated heterocycles. The molecule has 0 aliphatic heterocycles. The summed E-state index contributed by atoms with van der Waals surface area (Å²) in [7, 11) is 0. The van der Waals surface area contributed by atoms with Crippen LogP contribution < -0.4 is 5.73 Å². The van der Waals surface area contributed by atoms with Gasteiger partial charge in [0.2, 0.25) is 5.88 Å². The Bertz CT molecular complexity index is 725. The molecular weight excluding hydrogens is 268 g/mol. The van der Waals surface area contributed by atoms with Crippen LogP contribution in [0.3, 0.4) is 0 Å². The lowest BCUT2D eigenvalue weighted by Crippen LogP contribution is -1.88. The second kappa shape index (κ2) is 5.13. The minimum absolute atomic E-state index is 0.374. The Balaban J connectivity index is 2.17. The van der Waals surface area contributed by atoms with Gasteiger partial charge in [-0.25, -0.2) is 0 Å². The smallest absolute Gasteiger partial charge is 0.230 e. The number of aryl methyl sites for hydroxylation is 2. The van der Waals surface area contributed by atoms with Gasteiger partial charge in [-0.05, 0) is 35.9 Å². The van der Waals surface area contributed by atoms with Crippen molar-refractivity contribution in [1.29, 1.82) is 0 Å². The van der Waals surface area contributed by atoms with Crippen LogP contribution in [0.1, 0.15) is 18.1 Å². The van der Waals surface area contributed by atoms with Gasteiger partial charge in [-0.2, -0.15) is 0 Å². The number of benzene rings is 1. The van der Waals surface area contributed by atoms with E-state index in [1.165, 1.54) is 11.1 Å². The first-order valence-corrected chi connectivity index (χ1v) is 7.47. The lowest BCUT2D eigenvalue weighted by molar-refractivity contribution is 0.439. The van der Waals surface area contributed by atoms with Crippen LogP contribution in [0.15, 0.2) is 40.2 Å². The van der Waals surface area contributed by atoms with Crippen LogP contribution >= 0.6 is 11.3 Å². The first kappa shape index (κ1) is 12.9. The highest BCUT2D eigenvalue weighted by Gasteiger charge is 2.20. The summed E-state index contributed by atoms with van der Waals surface area (Å²) in [4.78, 5) is 1.14. The Kier molecular flexibility index (Phi) is 3.32. The van der Waals surface area contributed by atoms with E-state index >= 15 is 0 Å². The number of nitrogen functional groups attached to an aromatic ring is 1. The number of hydrogen-bond donors (Lipinski definition) is 1. The number of thiophene rings is 1. The first-order chi connectivity index (χ1) is 9.70. The van der Waals surface area contributed by atoms with Gasteiger partial charge in [0.1, 0.15) is 5.69 Å². The summed E-state index contributed by atoms with van der Waals surface area (Å²) >= 11 is 1.67. The molecule has 0 fully saturated rings. The van der Waals surface area contributed by atoms with Crippen LogP contribution in [0.25, 0.3) is 21.7 Å². The zero-order valence-electron chi connectivity index (χ0n) is 11.5. The van der Waals surface area contributed by atoms with Crippen LogP contribution in [0, 0.1) is 6.92 Å². The summed E-state index contributed by atoms with van der Waals surface area (Å²) < 4.78 is 5.24. The maximum atomic E-state index is 5.98. The predicted molar refractivity (Wildman–Crippen MR) is 83.8 cm³/mol. The number of nitrogens with two attached hydrogens (primary N) is 1. The molecule has 0 amide bonds. The maximum absolute atomic E-state index is 5.98. The van der Waals surface area contributed by atoms with Crippen LogP contribution in [-0.4, -0.2) is 5.16 Å². The van der Waals surface area contributed by atoms with E-state index in [0.29, 0.717) is 5.88 Å². The third-order valence-corrected chi connectivity index (χ3v) is 4.36. The third kappa shape index (κ3) is 2.12. The van der Waals surface area contributed by atoms with Crippen molar-refractivity contribution in [3.05, 3.63) is 46.8 Å². The van der Waals surface area contributed by atoms with Crippen LogP contribution in [0.2, 0.25) is 0 Å². The number of nitrogens with zero attached hydrogens (tertiary/aromatic N) is 1. The summed E-state index contributed by atoms with van der Waals surface area (Å²) in [5.41, 5.74) is 11.3. The van der Waals surface area contributed by atoms with Gasteiger partial charge < -0.3 is 10.3 Å². The molecule has 102 valence electrons. The molecule has 4 heteroatoms. The molecule has 3 aromatic rings. The standard InChI is InChI=1S/C16H16N2OS/c1-3-11-8-9-20-15(11)14-13(16(17)19-18-14)12-6-4-10(2)5-7-12/h4-9H,3,17H2,1-2H3. The van der Waals surface area contributed by atoms with Gasteiger partial charge in [-0.15, -0.1) is 11.3 Å². The van der Waals surface area contributed by atoms with Gasteiger partial charge in [0.25, 0.3) is 0 Å². The van der Waals surface area contributed by atoms with E-state index in [9.17, 15) is 0 Å². The molecule has 0 bridgehead atoms. The van der Waals surface area contributed by atoms with E-state index in [4.69, 9.17) is 10.3 Å². The topological polar surface area (TPSA) is 52.0 Å². The van der Waals surface area contributed by atoms with Gasteiger partial charge in [-0.1, -0.05) is 41.9 Å². The largest absolute Gasteiger partial charge is 0.367 e. The summed E-state index contributed by atoms with van der Waals surface area (Å²) in [6, 6.07) is 10.4. The van der Waals surface area contributed by atoms with E-state index in [1.54, 1.807) is 11.3 Å². The predicted octanol–water partition coefficient (Wildman–Crippen LogP) is 4.52. The lowest BCUT2D eigenvalue weighted by Gasteiger charge is -2.03. The number of anilines is 1. The fraction of sp³-hybridized carbons (Fsp3) is 0.188. The van der Waals surface area contributed by atoms with Crippen molar-refractivity contribution in [3.8, 4) is 21.7 Å². The Morgan fingerprint density at radius 2 is 1.95 bits per heavy atom. The van der Waals surface area contributed by atoms with Crippen molar-refractivity contribution in [2.45, 2.75) is 20.3 Å². The molecule has 3 rings (SSSR count). The highest BCUT2D eigenvalue weighted by atomic mass is 32.1. The van der Waals surface area contributed by atoms with Gasteiger partial charge in [0.15, 0.2) is 0 Å². The second-order valence-electron chi connectivity index (χ2n) is 4.76. The van der Waals surface area contributed by atoms with E-state index in [-0.39, 0.29) is 0 Å². The van der Waals surface area contributed by atoms with E-state index in [1.807, 2.05) is 0 Å². The second-order valence-corrected chi connectivity index (χ2v) is 5.68. The molecule has 1 aromatic carbocycles. The van der Waals surface area contributed by atoms with Crippen molar-refractivity contribution in [2.75, 3.05) is 5.73 Å². The molecule has 0 atom stereocenters. The summed E-state index contributed by atoms with van der Waals surface area (Å²) in [5.74, 6) is 0.374. The molecule has 0 aliphatic carbocycles. The van der Waals surface area contributed by atoms with Gasteiger partial charge in [0.05, 0.1) is 10.4 Å². The maximum Gasteiger partial charge on any atom is 0.230 e. The van der Waals surface area contributed by atoms with Crippen molar-refractivity contribution in [1.82, 2.24) is 5.16 Å². The average molecular weight is 284 g/mol. The monoisotopic (exact) mass is 284 g/mol. The quantitative estimate of drug-likeness (QED) is 0.769. The fourth-order valence-corrected chi connectivity index (χ4v) is 3.26. The number of rotatable bonds is 3. The van der Waals surface area contributed by atoms with Crippen LogP contribution in [0.5, 0.6) is 0 Å². The van der Waals surface area contributed by atoms with Crippen LogP contribution in [0.4, 0.5) is 5.88 Å². The average Bonchev–Trinajstić information content (AvgIpc) is 3.05. The molecule has 20 heavy (non-hydrogen) atoms. The first-order valence-electron chi connectivity index (χ1n) is 6.59. The minimum Gasteiger partial charge on any atom is -0.367 e. The SMILES string of the molecule is CCc1ccsc1-c1noc(N)c1-c1ccc(C)cc1. The number of aromatic nitrogens is 1. The molecule has 2 heterocycles. The molecular formula is C16H16N2OS.